The fourth-order valence-corrected chi connectivity index (χ4v) is 2.13. The molecule has 2 rings (SSSR count). The molecule has 0 bridgehead atoms. The van der Waals surface area contributed by atoms with Crippen molar-refractivity contribution in [2.75, 3.05) is 12.4 Å². The molecule has 1 aromatic carbocycles. The van der Waals surface area contributed by atoms with Crippen LogP contribution >= 0.6 is 0 Å². The quantitative estimate of drug-likeness (QED) is 0.887. The van der Waals surface area contributed by atoms with E-state index in [2.05, 4.69) is 28.3 Å². The first-order valence-electron chi connectivity index (χ1n) is 6.84. The minimum atomic E-state index is -0.266. The van der Waals surface area contributed by atoms with Gasteiger partial charge in [0.1, 0.15) is 17.7 Å². The second-order valence-corrected chi connectivity index (χ2v) is 4.88. The Balaban J connectivity index is 2.21. The lowest BCUT2D eigenvalue weighted by atomic mass is 10.1. The van der Waals surface area contributed by atoms with Crippen LogP contribution in [0.5, 0.6) is 0 Å². The van der Waals surface area contributed by atoms with E-state index < -0.39 is 0 Å². The van der Waals surface area contributed by atoms with E-state index in [4.69, 9.17) is 5.26 Å². The Bertz CT molecular complexity index is 716. The van der Waals surface area contributed by atoms with Gasteiger partial charge >= 0.3 is 0 Å². The second-order valence-electron chi connectivity index (χ2n) is 4.88. The van der Waals surface area contributed by atoms with Crippen molar-refractivity contribution < 1.29 is 4.39 Å². The minimum Gasteiger partial charge on any atom is -0.378 e. The molecule has 0 unspecified atom stereocenters. The molecule has 0 saturated heterocycles. The van der Waals surface area contributed by atoms with E-state index >= 15 is 0 Å². The van der Waals surface area contributed by atoms with E-state index in [0.29, 0.717) is 17.1 Å². The van der Waals surface area contributed by atoms with E-state index in [-0.39, 0.29) is 11.9 Å². The highest BCUT2D eigenvalue weighted by Crippen LogP contribution is 2.23. The molecule has 22 heavy (non-hydrogen) atoms. The maximum atomic E-state index is 13.0. The third kappa shape index (κ3) is 3.41. The number of halogens is 1. The van der Waals surface area contributed by atoms with Crippen LogP contribution in [0, 0.1) is 17.1 Å². The van der Waals surface area contributed by atoms with Gasteiger partial charge in [-0.25, -0.2) is 9.37 Å². The number of hydrogen-bond acceptors (Lipinski definition) is 4. The Morgan fingerprint density at radius 3 is 2.64 bits per heavy atom. The van der Waals surface area contributed by atoms with Gasteiger partial charge in [0.05, 0.1) is 5.56 Å². The highest BCUT2D eigenvalue weighted by molar-refractivity contribution is 5.72. The molecule has 1 aromatic heterocycles. The number of nitriles is 1. The molecule has 0 aliphatic heterocycles. The molecule has 1 heterocycles. The Morgan fingerprint density at radius 2 is 2.05 bits per heavy atom. The Labute approximate surface area is 129 Å². The molecule has 5 heteroatoms. The number of hydrogen-bond donors (Lipinski definition) is 2. The fraction of sp³-hybridized carbons (Fsp3) is 0.176. The Morgan fingerprint density at radius 1 is 1.36 bits per heavy atom. The summed E-state index contributed by atoms with van der Waals surface area (Å²) in [6, 6.07) is 10.0. The SMILES string of the molecule is C=C(N[C@@H](C)c1ccc(F)cc1)c1cc(C#N)cnc1NC. The number of rotatable bonds is 5. The monoisotopic (exact) mass is 296 g/mol. The van der Waals surface area contributed by atoms with E-state index in [1.54, 1.807) is 25.2 Å². The van der Waals surface area contributed by atoms with Crippen molar-refractivity contribution in [3.05, 3.63) is 65.6 Å². The van der Waals surface area contributed by atoms with Gasteiger partial charge in [0.15, 0.2) is 0 Å². The lowest BCUT2D eigenvalue weighted by Gasteiger charge is -2.19. The predicted octanol–water partition coefficient (Wildman–Crippen LogP) is 3.46. The highest BCUT2D eigenvalue weighted by Gasteiger charge is 2.12. The van der Waals surface area contributed by atoms with E-state index in [1.807, 2.05) is 6.92 Å². The molecule has 0 radical (unpaired) electrons. The number of anilines is 1. The van der Waals surface area contributed by atoms with Gasteiger partial charge in [-0.3, -0.25) is 0 Å². The molecule has 0 aliphatic rings. The van der Waals surface area contributed by atoms with Crippen LogP contribution in [0.25, 0.3) is 5.70 Å². The minimum absolute atomic E-state index is 0.0523. The van der Waals surface area contributed by atoms with Crippen molar-refractivity contribution in [1.82, 2.24) is 10.3 Å². The molecule has 0 fully saturated rings. The predicted molar refractivity (Wildman–Crippen MR) is 85.5 cm³/mol. The summed E-state index contributed by atoms with van der Waals surface area (Å²) >= 11 is 0. The molecule has 0 saturated carbocycles. The number of pyridine rings is 1. The van der Waals surface area contributed by atoms with Crippen molar-refractivity contribution in [2.24, 2.45) is 0 Å². The zero-order chi connectivity index (χ0) is 16.1. The largest absolute Gasteiger partial charge is 0.378 e. The summed E-state index contributed by atoms with van der Waals surface area (Å²) in [5.74, 6) is 0.376. The van der Waals surface area contributed by atoms with Gasteiger partial charge in [0, 0.05) is 30.5 Å². The summed E-state index contributed by atoms with van der Waals surface area (Å²) in [4.78, 5) is 4.20. The van der Waals surface area contributed by atoms with Crippen molar-refractivity contribution in [1.29, 1.82) is 5.26 Å². The molecule has 112 valence electrons. The first-order chi connectivity index (χ1) is 10.5. The van der Waals surface area contributed by atoms with Gasteiger partial charge in [-0.15, -0.1) is 0 Å². The van der Waals surface area contributed by atoms with Crippen molar-refractivity contribution in [3.8, 4) is 6.07 Å². The normalized spacial score (nSPS) is 11.4. The fourth-order valence-electron chi connectivity index (χ4n) is 2.13. The molecule has 0 aliphatic carbocycles. The molecule has 2 N–H and O–H groups in total. The van der Waals surface area contributed by atoms with E-state index in [9.17, 15) is 4.39 Å². The molecule has 0 amide bonds. The first-order valence-corrected chi connectivity index (χ1v) is 6.84. The third-order valence-electron chi connectivity index (χ3n) is 3.34. The Hall–Kier alpha value is -2.87. The summed E-state index contributed by atoms with van der Waals surface area (Å²) in [6.45, 7) is 5.97. The van der Waals surface area contributed by atoms with E-state index in [0.717, 1.165) is 11.1 Å². The third-order valence-corrected chi connectivity index (χ3v) is 3.34. The van der Waals surface area contributed by atoms with Crippen molar-refractivity contribution >= 4 is 11.5 Å². The van der Waals surface area contributed by atoms with E-state index in [1.165, 1.54) is 18.3 Å². The van der Waals surface area contributed by atoms with Gasteiger partial charge in [-0.2, -0.15) is 5.26 Å². The summed E-state index contributed by atoms with van der Waals surface area (Å²) in [5.41, 5.74) is 2.78. The molecule has 4 nitrogen and oxygen atoms in total. The maximum Gasteiger partial charge on any atom is 0.135 e. The first kappa shape index (κ1) is 15.5. The van der Waals surface area contributed by atoms with Gasteiger partial charge < -0.3 is 10.6 Å². The van der Waals surface area contributed by atoms with Crippen LogP contribution in [0.4, 0.5) is 10.2 Å². The Kier molecular flexibility index (Phi) is 4.74. The van der Waals surface area contributed by atoms with Crippen molar-refractivity contribution in [3.63, 3.8) is 0 Å². The number of nitrogens with one attached hydrogen (secondary N) is 2. The molecule has 2 aromatic rings. The zero-order valence-corrected chi connectivity index (χ0v) is 12.5. The molecular weight excluding hydrogens is 279 g/mol. The molecule has 1 atom stereocenters. The van der Waals surface area contributed by atoms with Crippen LogP contribution in [0.1, 0.15) is 29.7 Å². The lowest BCUT2D eigenvalue weighted by Crippen LogP contribution is -2.17. The standard InChI is InChI=1S/C17H17FN4/c1-11(14-4-6-15(18)7-5-14)22-12(2)16-8-13(9-19)10-21-17(16)20-3/h4-8,10-11,22H,2H2,1,3H3,(H,20,21)/t11-/m0/s1. The summed E-state index contributed by atoms with van der Waals surface area (Å²) in [5, 5.41) is 15.2. The van der Waals surface area contributed by atoms with Crippen LogP contribution in [-0.2, 0) is 0 Å². The number of benzene rings is 1. The number of aromatic nitrogens is 1. The lowest BCUT2D eigenvalue weighted by molar-refractivity contribution is 0.623. The van der Waals surface area contributed by atoms with Gasteiger partial charge in [-0.05, 0) is 30.7 Å². The van der Waals surface area contributed by atoms with Crippen molar-refractivity contribution in [2.45, 2.75) is 13.0 Å². The van der Waals surface area contributed by atoms with Crippen LogP contribution in [-0.4, -0.2) is 12.0 Å². The van der Waals surface area contributed by atoms with Crippen LogP contribution in [0.3, 0.4) is 0 Å². The zero-order valence-electron chi connectivity index (χ0n) is 12.5. The molecule has 0 spiro atoms. The summed E-state index contributed by atoms with van der Waals surface area (Å²) < 4.78 is 13.0. The van der Waals surface area contributed by atoms with Crippen LogP contribution in [0.2, 0.25) is 0 Å². The smallest absolute Gasteiger partial charge is 0.135 e. The van der Waals surface area contributed by atoms with Gasteiger partial charge in [-0.1, -0.05) is 18.7 Å². The maximum absolute atomic E-state index is 13.0. The van der Waals surface area contributed by atoms with Gasteiger partial charge in [0.2, 0.25) is 0 Å². The topological polar surface area (TPSA) is 60.7 Å². The summed E-state index contributed by atoms with van der Waals surface area (Å²) in [6.07, 6.45) is 1.51. The second kappa shape index (κ2) is 6.72. The molecular formula is C17H17FN4. The van der Waals surface area contributed by atoms with Crippen LogP contribution in [0.15, 0.2) is 43.1 Å². The summed E-state index contributed by atoms with van der Waals surface area (Å²) in [7, 11) is 1.76. The average Bonchev–Trinajstić information content (AvgIpc) is 2.54. The van der Waals surface area contributed by atoms with Crippen LogP contribution < -0.4 is 10.6 Å². The highest BCUT2D eigenvalue weighted by atomic mass is 19.1. The average molecular weight is 296 g/mol. The van der Waals surface area contributed by atoms with Gasteiger partial charge in [0.25, 0.3) is 0 Å². The number of nitrogens with zero attached hydrogens (tertiary/aromatic N) is 2.